The topological polar surface area (TPSA) is 29.0 Å². The van der Waals surface area contributed by atoms with Crippen molar-refractivity contribution >= 4 is 0 Å². The molecule has 2 aliphatic rings. The number of likely N-dealkylation sites (tertiary alicyclic amines) is 1. The van der Waals surface area contributed by atoms with Crippen LogP contribution in [0, 0.1) is 0 Å². The number of aromatic nitrogens is 2. The maximum atomic E-state index is 3.96. The molecule has 0 atom stereocenters. The summed E-state index contributed by atoms with van der Waals surface area (Å²) in [5.41, 5.74) is 4.30. The molecule has 3 nitrogen and oxygen atoms in total. The highest BCUT2D eigenvalue weighted by atomic mass is 15.2. The van der Waals surface area contributed by atoms with E-state index in [0.29, 0.717) is 5.54 Å². The van der Waals surface area contributed by atoms with Crippen LogP contribution in [0.25, 0.3) is 11.1 Å². The molecular weight excluding hydrogens is 366 g/mol. The third-order valence-electron chi connectivity index (χ3n) is 6.65. The van der Waals surface area contributed by atoms with Crippen molar-refractivity contribution in [1.82, 2.24) is 14.9 Å². The molecule has 1 aliphatic heterocycles. The minimum absolute atomic E-state index is 0.375. The highest BCUT2D eigenvalue weighted by Crippen LogP contribution is 2.43. The maximum Gasteiger partial charge on any atom is 0.0460 e. The van der Waals surface area contributed by atoms with E-state index in [2.05, 4.69) is 45.2 Å². The van der Waals surface area contributed by atoms with Gasteiger partial charge in [0, 0.05) is 30.3 Å². The molecule has 2 aromatic heterocycles. The summed E-state index contributed by atoms with van der Waals surface area (Å²) in [5.74, 6) is 0. The van der Waals surface area contributed by atoms with Gasteiger partial charge in [0.2, 0.25) is 0 Å². The first-order valence-electron chi connectivity index (χ1n) is 11.5. The van der Waals surface area contributed by atoms with Crippen LogP contribution in [0.2, 0.25) is 0 Å². The highest BCUT2D eigenvalue weighted by molar-refractivity contribution is 5.61. The van der Waals surface area contributed by atoms with Gasteiger partial charge in [0.05, 0.1) is 0 Å². The van der Waals surface area contributed by atoms with E-state index >= 15 is 0 Å². The highest BCUT2D eigenvalue weighted by Gasteiger charge is 2.39. The fourth-order valence-corrected chi connectivity index (χ4v) is 5.08. The molecule has 0 unspecified atom stereocenters. The van der Waals surface area contributed by atoms with E-state index in [1.54, 1.807) is 30.4 Å². The summed E-state index contributed by atoms with van der Waals surface area (Å²) in [4.78, 5) is 10.7. The number of hydrogen-bond donors (Lipinski definition) is 0. The summed E-state index contributed by atoms with van der Waals surface area (Å²) < 4.78 is 0. The maximum absolute atomic E-state index is 3.96. The fourth-order valence-electron chi connectivity index (χ4n) is 5.08. The van der Waals surface area contributed by atoms with Crippen LogP contribution in [0.1, 0.15) is 56.9 Å². The van der Waals surface area contributed by atoms with Crippen molar-refractivity contribution in [2.24, 2.45) is 0 Å². The zero-order valence-electron chi connectivity index (χ0n) is 17.9. The van der Waals surface area contributed by atoms with E-state index in [0.717, 1.165) is 0 Å². The van der Waals surface area contributed by atoms with Gasteiger partial charge in [0.15, 0.2) is 0 Å². The first-order chi connectivity index (χ1) is 14.9. The van der Waals surface area contributed by atoms with Gasteiger partial charge >= 0.3 is 0 Å². The Morgan fingerprint density at radius 1 is 0.567 bits per heavy atom. The monoisotopic (exact) mass is 399 g/mol. The summed E-state index contributed by atoms with van der Waals surface area (Å²) in [6, 6.07) is 19.2. The Hall–Kier alpha value is -2.52. The van der Waals surface area contributed by atoms with E-state index in [9.17, 15) is 0 Å². The van der Waals surface area contributed by atoms with Crippen molar-refractivity contribution in [2.75, 3.05) is 13.1 Å². The van der Waals surface area contributed by atoms with Gasteiger partial charge in [-0.25, -0.2) is 0 Å². The van der Waals surface area contributed by atoms with Crippen LogP contribution in [0.15, 0.2) is 79.4 Å². The minimum Gasteiger partial charge on any atom is -0.294 e. The van der Waals surface area contributed by atoms with Gasteiger partial charge in [-0.15, -0.1) is 0 Å². The molecule has 0 amide bonds. The van der Waals surface area contributed by atoms with Gasteiger partial charge in [0.1, 0.15) is 0 Å². The van der Waals surface area contributed by atoms with Gasteiger partial charge in [0.25, 0.3) is 0 Å². The van der Waals surface area contributed by atoms with Crippen LogP contribution in [0.5, 0.6) is 0 Å². The van der Waals surface area contributed by atoms with E-state index in [1.165, 1.54) is 75.6 Å². The molecule has 1 aromatic carbocycles. The van der Waals surface area contributed by atoms with Crippen LogP contribution in [0.4, 0.5) is 0 Å². The molecule has 1 saturated carbocycles. The van der Waals surface area contributed by atoms with E-state index < -0.39 is 0 Å². The summed E-state index contributed by atoms with van der Waals surface area (Å²) in [7, 11) is 0. The van der Waals surface area contributed by atoms with Crippen LogP contribution in [-0.2, 0) is 5.54 Å². The summed E-state index contributed by atoms with van der Waals surface area (Å²) in [6.07, 6.45) is 18.4. The molecule has 0 spiro atoms. The van der Waals surface area contributed by atoms with Gasteiger partial charge in [-0.1, -0.05) is 56.0 Å². The quantitative estimate of drug-likeness (QED) is 0.505. The number of piperidine rings is 1. The average Bonchev–Trinajstić information content (AvgIpc) is 2.87. The predicted molar refractivity (Wildman–Crippen MR) is 124 cm³/mol. The SMILES string of the molecule is c1cc(-c2ccncc2)ccn1.c1ccc(C2(N3CCCCC3)CCCCC2)cc1. The molecule has 0 radical (unpaired) electrons. The van der Waals surface area contributed by atoms with Crippen LogP contribution < -0.4 is 0 Å². The van der Waals surface area contributed by atoms with Crippen LogP contribution in [0.3, 0.4) is 0 Å². The fraction of sp³-hybridized carbons (Fsp3) is 0.407. The molecule has 1 saturated heterocycles. The van der Waals surface area contributed by atoms with Crippen LogP contribution >= 0.6 is 0 Å². The van der Waals surface area contributed by atoms with Gasteiger partial charge in [-0.05, 0) is 79.7 Å². The smallest absolute Gasteiger partial charge is 0.0460 e. The van der Waals surface area contributed by atoms with Crippen molar-refractivity contribution in [1.29, 1.82) is 0 Å². The number of hydrogen-bond acceptors (Lipinski definition) is 3. The Morgan fingerprint density at radius 2 is 1.07 bits per heavy atom. The molecule has 3 heterocycles. The number of pyridine rings is 2. The van der Waals surface area contributed by atoms with Gasteiger partial charge in [-0.2, -0.15) is 0 Å². The Bertz CT molecular complexity index is 815. The normalized spacial score (nSPS) is 18.8. The second kappa shape index (κ2) is 10.5. The standard InChI is InChI=1S/C17H25N.C10H8N2/c1-4-10-16(11-5-1)17(12-6-2-7-13-17)18-14-8-3-9-15-18;1-5-11-6-2-9(1)10-3-7-12-8-4-10/h1,4-5,10-11H,2-3,6-9,12-15H2;1-8H. The Balaban J connectivity index is 0.000000158. The van der Waals surface area contributed by atoms with Crippen molar-refractivity contribution in [3.05, 3.63) is 84.9 Å². The first kappa shape index (κ1) is 20.7. The number of benzene rings is 1. The Morgan fingerprint density at radius 3 is 1.60 bits per heavy atom. The van der Waals surface area contributed by atoms with E-state index in [4.69, 9.17) is 0 Å². The van der Waals surface area contributed by atoms with Gasteiger partial charge in [-0.3, -0.25) is 14.9 Å². The lowest BCUT2D eigenvalue weighted by Gasteiger charge is -2.48. The molecule has 3 heteroatoms. The first-order valence-corrected chi connectivity index (χ1v) is 11.5. The average molecular weight is 400 g/mol. The van der Waals surface area contributed by atoms with Crippen molar-refractivity contribution in [3.63, 3.8) is 0 Å². The van der Waals surface area contributed by atoms with Crippen molar-refractivity contribution < 1.29 is 0 Å². The third kappa shape index (κ3) is 4.96. The second-order valence-corrected chi connectivity index (χ2v) is 8.48. The largest absolute Gasteiger partial charge is 0.294 e. The number of rotatable bonds is 3. The molecule has 3 aromatic rings. The number of nitrogens with zero attached hydrogens (tertiary/aromatic N) is 3. The van der Waals surface area contributed by atoms with Gasteiger partial charge < -0.3 is 0 Å². The molecule has 5 rings (SSSR count). The molecule has 0 bridgehead atoms. The predicted octanol–water partition coefficient (Wildman–Crippen LogP) is 6.48. The van der Waals surface area contributed by atoms with Crippen molar-refractivity contribution in [2.45, 2.75) is 56.9 Å². The minimum atomic E-state index is 0.375. The van der Waals surface area contributed by atoms with E-state index in [-0.39, 0.29) is 0 Å². The zero-order valence-corrected chi connectivity index (χ0v) is 17.9. The molecule has 1 aliphatic carbocycles. The lowest BCUT2D eigenvalue weighted by molar-refractivity contribution is 0.0303. The van der Waals surface area contributed by atoms with Crippen LogP contribution in [-0.4, -0.2) is 28.0 Å². The molecule has 30 heavy (non-hydrogen) atoms. The molecule has 156 valence electrons. The second-order valence-electron chi connectivity index (χ2n) is 8.48. The zero-order chi connectivity index (χ0) is 20.5. The summed E-state index contributed by atoms with van der Waals surface area (Å²) in [5, 5.41) is 0. The van der Waals surface area contributed by atoms with Crippen molar-refractivity contribution in [3.8, 4) is 11.1 Å². The molecule has 0 N–H and O–H groups in total. The summed E-state index contributed by atoms with van der Waals surface area (Å²) in [6.45, 7) is 2.63. The molecular formula is C27H33N3. The Labute approximate surface area is 181 Å². The third-order valence-corrected chi connectivity index (χ3v) is 6.65. The van der Waals surface area contributed by atoms with E-state index in [1.807, 2.05) is 24.3 Å². The summed E-state index contributed by atoms with van der Waals surface area (Å²) >= 11 is 0. The molecule has 2 fully saturated rings. The Kier molecular flexibility index (Phi) is 7.25. The lowest BCUT2D eigenvalue weighted by atomic mass is 9.74. The lowest BCUT2D eigenvalue weighted by Crippen LogP contribution is -2.49.